The van der Waals surface area contributed by atoms with Crippen LogP contribution in [-0.4, -0.2) is 50.6 Å². The quantitative estimate of drug-likeness (QED) is 0.700. The first-order chi connectivity index (χ1) is 8.17. The van der Waals surface area contributed by atoms with Gasteiger partial charge in [-0.2, -0.15) is 4.31 Å². The predicted molar refractivity (Wildman–Crippen MR) is 66.3 cm³/mol. The van der Waals surface area contributed by atoms with Crippen molar-refractivity contribution in [3.05, 3.63) is 11.5 Å². The highest BCUT2D eigenvalue weighted by Gasteiger charge is 2.37. The van der Waals surface area contributed by atoms with E-state index in [1.165, 1.54) is 13.2 Å². The highest BCUT2D eigenvalue weighted by Crippen LogP contribution is 2.18. The van der Waals surface area contributed by atoms with E-state index in [1.54, 1.807) is 0 Å². The molecule has 0 amide bonds. The van der Waals surface area contributed by atoms with Gasteiger partial charge in [-0.1, -0.05) is 6.08 Å². The van der Waals surface area contributed by atoms with Gasteiger partial charge >= 0.3 is 5.97 Å². The van der Waals surface area contributed by atoms with E-state index in [0.29, 0.717) is 0 Å². The minimum atomic E-state index is -3.54. The van der Waals surface area contributed by atoms with Crippen molar-refractivity contribution in [1.82, 2.24) is 4.31 Å². The van der Waals surface area contributed by atoms with Gasteiger partial charge in [-0.25, -0.2) is 8.42 Å². The van der Waals surface area contributed by atoms with Gasteiger partial charge in [0.25, 0.3) is 0 Å². The molecule has 0 N–H and O–H groups in total. The second-order valence-electron chi connectivity index (χ2n) is 4.95. The molecule has 0 spiro atoms. The SMILES string of the molecule is COC(=O)[C@H](COC(C)(C)C)N1CC=CS1(=O)=O. The lowest BCUT2D eigenvalue weighted by atomic mass is 10.2. The van der Waals surface area contributed by atoms with E-state index in [-0.39, 0.29) is 13.2 Å². The Morgan fingerprint density at radius 2 is 2.06 bits per heavy atom. The molecule has 0 saturated carbocycles. The summed E-state index contributed by atoms with van der Waals surface area (Å²) in [5, 5.41) is 1.08. The third-order valence-electron chi connectivity index (χ3n) is 2.38. The normalized spacial score (nSPS) is 20.9. The second-order valence-corrected chi connectivity index (χ2v) is 6.72. The number of sulfonamides is 1. The molecular weight excluding hydrogens is 258 g/mol. The Kier molecular flexibility index (Phi) is 4.52. The topological polar surface area (TPSA) is 72.9 Å². The number of carbonyl (C=O) groups is 1. The van der Waals surface area contributed by atoms with Crippen LogP contribution < -0.4 is 0 Å². The van der Waals surface area contributed by atoms with E-state index in [4.69, 9.17) is 4.74 Å². The van der Waals surface area contributed by atoms with Crippen molar-refractivity contribution in [2.24, 2.45) is 0 Å². The molecule has 0 bridgehead atoms. The number of hydrogen-bond acceptors (Lipinski definition) is 5. The van der Waals surface area contributed by atoms with Crippen LogP contribution in [0.1, 0.15) is 20.8 Å². The van der Waals surface area contributed by atoms with Crippen LogP contribution in [-0.2, 0) is 24.3 Å². The number of carbonyl (C=O) groups excluding carboxylic acids is 1. The summed E-state index contributed by atoms with van der Waals surface area (Å²) in [6, 6.07) is -0.950. The molecule has 104 valence electrons. The minimum absolute atomic E-state index is 0.0307. The zero-order valence-electron chi connectivity index (χ0n) is 11.0. The highest BCUT2D eigenvalue weighted by atomic mass is 32.2. The lowest BCUT2D eigenvalue weighted by molar-refractivity contribution is -0.149. The Hall–Kier alpha value is -0.920. The Morgan fingerprint density at radius 3 is 2.44 bits per heavy atom. The maximum Gasteiger partial charge on any atom is 0.326 e. The lowest BCUT2D eigenvalue weighted by Gasteiger charge is -2.27. The fourth-order valence-electron chi connectivity index (χ4n) is 1.49. The largest absolute Gasteiger partial charge is 0.468 e. The van der Waals surface area contributed by atoms with Crippen molar-refractivity contribution in [2.75, 3.05) is 20.3 Å². The average molecular weight is 277 g/mol. The molecule has 1 heterocycles. The molecule has 6 nitrogen and oxygen atoms in total. The Balaban J connectivity index is 2.84. The molecule has 0 aromatic heterocycles. The minimum Gasteiger partial charge on any atom is -0.468 e. The number of methoxy groups -OCH3 is 1. The molecule has 1 atom stereocenters. The number of rotatable bonds is 4. The number of hydrogen-bond donors (Lipinski definition) is 0. The van der Waals surface area contributed by atoms with Gasteiger partial charge < -0.3 is 9.47 Å². The maximum absolute atomic E-state index is 11.7. The third kappa shape index (κ3) is 3.79. The highest BCUT2D eigenvalue weighted by molar-refractivity contribution is 7.92. The van der Waals surface area contributed by atoms with Gasteiger partial charge in [0, 0.05) is 12.0 Å². The smallest absolute Gasteiger partial charge is 0.326 e. The fraction of sp³-hybridized carbons (Fsp3) is 0.727. The monoisotopic (exact) mass is 277 g/mol. The van der Waals surface area contributed by atoms with Gasteiger partial charge in [0.2, 0.25) is 10.0 Å². The molecular formula is C11H19NO5S. The molecule has 0 radical (unpaired) electrons. The van der Waals surface area contributed by atoms with Crippen molar-refractivity contribution < 1.29 is 22.7 Å². The van der Waals surface area contributed by atoms with Gasteiger partial charge in [-0.05, 0) is 20.8 Å². The van der Waals surface area contributed by atoms with Gasteiger partial charge in [-0.15, -0.1) is 0 Å². The summed E-state index contributed by atoms with van der Waals surface area (Å²) < 4.78 is 34.6. The first-order valence-electron chi connectivity index (χ1n) is 5.57. The molecule has 1 aliphatic rings. The van der Waals surface area contributed by atoms with Crippen LogP contribution in [0.5, 0.6) is 0 Å². The van der Waals surface area contributed by atoms with E-state index in [2.05, 4.69) is 4.74 Å². The van der Waals surface area contributed by atoms with Crippen LogP contribution in [0.15, 0.2) is 11.5 Å². The first-order valence-corrected chi connectivity index (χ1v) is 7.08. The number of nitrogens with zero attached hydrogens (tertiary/aromatic N) is 1. The number of esters is 1. The maximum atomic E-state index is 11.7. The Bertz CT molecular complexity index is 435. The van der Waals surface area contributed by atoms with E-state index in [1.807, 2.05) is 20.8 Å². The molecule has 0 unspecified atom stereocenters. The molecule has 0 aromatic carbocycles. The average Bonchev–Trinajstić information content (AvgIpc) is 2.57. The molecule has 0 aromatic rings. The van der Waals surface area contributed by atoms with Crippen LogP contribution in [0.3, 0.4) is 0 Å². The zero-order chi connectivity index (χ0) is 14.0. The van der Waals surface area contributed by atoms with Gasteiger partial charge in [0.15, 0.2) is 0 Å². The van der Waals surface area contributed by atoms with Crippen LogP contribution in [0.2, 0.25) is 0 Å². The summed E-state index contributed by atoms with van der Waals surface area (Å²) in [4.78, 5) is 11.7. The molecule has 0 aliphatic carbocycles. The Morgan fingerprint density at radius 1 is 1.44 bits per heavy atom. The van der Waals surface area contributed by atoms with Crippen molar-refractivity contribution in [3.63, 3.8) is 0 Å². The van der Waals surface area contributed by atoms with Crippen molar-refractivity contribution in [1.29, 1.82) is 0 Å². The van der Waals surface area contributed by atoms with E-state index >= 15 is 0 Å². The third-order valence-corrected chi connectivity index (χ3v) is 3.97. The lowest BCUT2D eigenvalue weighted by Crippen LogP contribution is -2.47. The fourth-order valence-corrected chi connectivity index (χ4v) is 2.77. The molecule has 1 aliphatic heterocycles. The summed E-state index contributed by atoms with van der Waals surface area (Å²) in [6.07, 6.45) is 1.49. The van der Waals surface area contributed by atoms with Crippen LogP contribution >= 0.6 is 0 Å². The van der Waals surface area contributed by atoms with Crippen molar-refractivity contribution in [2.45, 2.75) is 32.4 Å². The molecule has 0 fully saturated rings. The summed E-state index contributed by atoms with van der Waals surface area (Å²) in [5.74, 6) is -0.619. The van der Waals surface area contributed by atoms with E-state index < -0.39 is 27.6 Å². The number of ether oxygens (including phenoxy) is 2. The van der Waals surface area contributed by atoms with E-state index in [9.17, 15) is 13.2 Å². The molecule has 1 rings (SSSR count). The van der Waals surface area contributed by atoms with Gasteiger partial charge in [0.1, 0.15) is 6.04 Å². The summed E-state index contributed by atoms with van der Waals surface area (Å²) in [7, 11) is -2.31. The molecule has 18 heavy (non-hydrogen) atoms. The summed E-state index contributed by atoms with van der Waals surface area (Å²) in [6.45, 7) is 5.63. The summed E-state index contributed by atoms with van der Waals surface area (Å²) >= 11 is 0. The standard InChI is InChI=1S/C11H19NO5S/c1-11(2,3)17-8-9(10(13)16-4)12-6-5-7-18(12,14)15/h5,7,9H,6,8H2,1-4H3/t9-/m0/s1. The second kappa shape index (κ2) is 5.38. The van der Waals surface area contributed by atoms with E-state index in [0.717, 1.165) is 9.71 Å². The van der Waals surface area contributed by atoms with Gasteiger partial charge in [0.05, 0.1) is 19.3 Å². The van der Waals surface area contributed by atoms with Crippen LogP contribution in [0.4, 0.5) is 0 Å². The van der Waals surface area contributed by atoms with Gasteiger partial charge in [-0.3, -0.25) is 4.79 Å². The molecule has 7 heteroatoms. The van der Waals surface area contributed by atoms with Crippen molar-refractivity contribution >= 4 is 16.0 Å². The van der Waals surface area contributed by atoms with Crippen LogP contribution in [0.25, 0.3) is 0 Å². The molecule has 0 saturated heterocycles. The first kappa shape index (κ1) is 15.1. The van der Waals surface area contributed by atoms with Crippen molar-refractivity contribution in [3.8, 4) is 0 Å². The van der Waals surface area contributed by atoms with Crippen LogP contribution in [0, 0.1) is 0 Å². The predicted octanol–water partition coefficient (Wildman–Crippen LogP) is 0.502. The Labute approximate surface area is 108 Å². The summed E-state index contributed by atoms with van der Waals surface area (Å²) in [5.41, 5.74) is -0.455. The zero-order valence-corrected chi connectivity index (χ0v) is 11.9.